The van der Waals surface area contributed by atoms with Gasteiger partial charge in [-0.15, -0.1) is 0 Å². The van der Waals surface area contributed by atoms with Crippen LogP contribution < -0.4 is 9.75 Å². The number of hydrogen-bond acceptors (Lipinski definition) is 0. The standard InChI is InChI=1S/C23H28NSi/c1-17-12-13-24(3)22(14-17)20-16-21(19-10-8-7-9-11-19)23(15-18(20)2)25(4,5)6/h7-16H,1-6H3/q+1. The number of pyridine rings is 1. The summed E-state index contributed by atoms with van der Waals surface area (Å²) < 4.78 is 2.22. The second-order valence-electron chi connectivity index (χ2n) is 8.03. The van der Waals surface area contributed by atoms with Crippen molar-refractivity contribution in [2.75, 3.05) is 0 Å². The number of aryl methyl sites for hydroxylation is 3. The first kappa shape index (κ1) is 17.6. The molecule has 1 heterocycles. The topological polar surface area (TPSA) is 3.88 Å². The van der Waals surface area contributed by atoms with Gasteiger partial charge in [-0.25, -0.2) is 4.57 Å². The molecule has 0 spiro atoms. The molecule has 1 aromatic heterocycles. The fraction of sp³-hybridized carbons (Fsp3) is 0.261. The number of hydrogen-bond donors (Lipinski definition) is 0. The third-order valence-electron chi connectivity index (χ3n) is 4.84. The summed E-state index contributed by atoms with van der Waals surface area (Å²) in [4.78, 5) is 0. The third-order valence-corrected chi connectivity index (χ3v) is 6.87. The average Bonchev–Trinajstić information content (AvgIpc) is 2.57. The maximum Gasteiger partial charge on any atom is 0.212 e. The summed E-state index contributed by atoms with van der Waals surface area (Å²) in [5.41, 5.74) is 7.96. The Bertz CT molecular complexity index is 905. The second-order valence-corrected chi connectivity index (χ2v) is 13.1. The lowest BCUT2D eigenvalue weighted by Gasteiger charge is -2.23. The Hall–Kier alpha value is -2.19. The van der Waals surface area contributed by atoms with Gasteiger partial charge in [-0.1, -0.05) is 61.2 Å². The Balaban J connectivity index is 2.31. The lowest BCUT2D eigenvalue weighted by molar-refractivity contribution is -0.660. The molecule has 0 fully saturated rings. The van der Waals surface area contributed by atoms with E-state index in [0.29, 0.717) is 0 Å². The van der Waals surface area contributed by atoms with Gasteiger partial charge in [0.25, 0.3) is 0 Å². The van der Waals surface area contributed by atoms with Crippen LogP contribution in [0.5, 0.6) is 0 Å². The van der Waals surface area contributed by atoms with Gasteiger partial charge in [0.05, 0.1) is 8.07 Å². The Morgan fingerprint density at radius 1 is 0.800 bits per heavy atom. The van der Waals surface area contributed by atoms with Crippen molar-refractivity contribution in [1.29, 1.82) is 0 Å². The summed E-state index contributed by atoms with van der Waals surface area (Å²) in [5.74, 6) is 0. The first-order valence-electron chi connectivity index (χ1n) is 8.94. The molecule has 0 saturated carbocycles. The van der Waals surface area contributed by atoms with Gasteiger partial charge < -0.3 is 0 Å². The van der Waals surface area contributed by atoms with Crippen LogP contribution in [0.25, 0.3) is 22.4 Å². The van der Waals surface area contributed by atoms with Crippen molar-refractivity contribution in [2.45, 2.75) is 33.5 Å². The molecule has 2 aromatic carbocycles. The molecular weight excluding hydrogens is 318 g/mol. The number of rotatable bonds is 3. The molecule has 3 aromatic rings. The number of nitrogens with zero attached hydrogens (tertiary/aromatic N) is 1. The summed E-state index contributed by atoms with van der Waals surface area (Å²) in [6, 6.07) is 20.1. The first-order valence-corrected chi connectivity index (χ1v) is 12.4. The van der Waals surface area contributed by atoms with Gasteiger partial charge in [-0.3, -0.25) is 0 Å². The van der Waals surface area contributed by atoms with Crippen LogP contribution in [0.15, 0.2) is 60.8 Å². The Morgan fingerprint density at radius 3 is 2.12 bits per heavy atom. The van der Waals surface area contributed by atoms with Gasteiger partial charge in [0.1, 0.15) is 7.05 Å². The Labute approximate surface area is 153 Å². The molecule has 0 aliphatic heterocycles. The lowest BCUT2D eigenvalue weighted by Crippen LogP contribution is -2.39. The fourth-order valence-electron chi connectivity index (χ4n) is 3.40. The summed E-state index contributed by atoms with van der Waals surface area (Å²) in [6.45, 7) is 11.7. The van der Waals surface area contributed by atoms with Crippen LogP contribution in [0, 0.1) is 13.8 Å². The molecule has 0 unspecified atom stereocenters. The van der Waals surface area contributed by atoms with Crippen molar-refractivity contribution < 1.29 is 4.57 Å². The highest BCUT2D eigenvalue weighted by Crippen LogP contribution is 2.29. The molecular formula is C23H28NSi+. The summed E-state index contributed by atoms with van der Waals surface area (Å²) in [5, 5.41) is 1.54. The first-order chi connectivity index (χ1) is 11.8. The van der Waals surface area contributed by atoms with Crippen LogP contribution in [-0.2, 0) is 7.05 Å². The average molecular weight is 347 g/mol. The van der Waals surface area contributed by atoms with Crippen molar-refractivity contribution in [3.8, 4) is 22.4 Å². The van der Waals surface area contributed by atoms with Gasteiger partial charge in [-0.05, 0) is 42.2 Å². The Morgan fingerprint density at radius 2 is 1.48 bits per heavy atom. The van der Waals surface area contributed by atoms with E-state index in [0.717, 1.165) is 0 Å². The molecule has 25 heavy (non-hydrogen) atoms. The highest BCUT2D eigenvalue weighted by atomic mass is 28.3. The molecule has 0 saturated heterocycles. The number of aromatic nitrogens is 1. The van der Waals surface area contributed by atoms with E-state index in [1.54, 1.807) is 0 Å². The van der Waals surface area contributed by atoms with Crippen LogP contribution in [0.2, 0.25) is 19.6 Å². The van der Waals surface area contributed by atoms with Gasteiger partial charge in [-0.2, -0.15) is 0 Å². The minimum absolute atomic E-state index is 1.27. The van der Waals surface area contributed by atoms with Crippen molar-refractivity contribution >= 4 is 13.3 Å². The zero-order valence-corrected chi connectivity index (χ0v) is 17.2. The zero-order valence-electron chi connectivity index (χ0n) is 16.2. The number of benzene rings is 2. The largest absolute Gasteiger partial charge is 0.212 e. The zero-order chi connectivity index (χ0) is 18.2. The van der Waals surface area contributed by atoms with Crippen LogP contribution in [0.3, 0.4) is 0 Å². The van der Waals surface area contributed by atoms with E-state index in [2.05, 4.69) is 106 Å². The minimum atomic E-state index is -1.45. The quantitative estimate of drug-likeness (QED) is 0.464. The summed E-state index contributed by atoms with van der Waals surface area (Å²) >= 11 is 0. The molecule has 128 valence electrons. The molecule has 0 aliphatic rings. The van der Waals surface area contributed by atoms with E-state index < -0.39 is 8.07 Å². The smallest absolute Gasteiger partial charge is 0.201 e. The predicted molar refractivity (Wildman–Crippen MR) is 111 cm³/mol. The van der Waals surface area contributed by atoms with E-state index in [1.807, 2.05) is 0 Å². The minimum Gasteiger partial charge on any atom is -0.201 e. The van der Waals surface area contributed by atoms with Crippen LogP contribution in [0.1, 0.15) is 11.1 Å². The molecule has 2 heteroatoms. The molecule has 0 bridgehead atoms. The Kier molecular flexibility index (Phi) is 4.66. The molecule has 1 nitrogen and oxygen atoms in total. The fourth-order valence-corrected chi connectivity index (χ4v) is 5.08. The van der Waals surface area contributed by atoms with Crippen LogP contribution in [0.4, 0.5) is 0 Å². The molecule has 0 amide bonds. The SMILES string of the molecule is Cc1cc[n+](C)c(-c2cc(-c3ccccc3)c([Si](C)(C)C)cc2C)c1. The highest BCUT2D eigenvalue weighted by Gasteiger charge is 2.24. The van der Waals surface area contributed by atoms with Crippen molar-refractivity contribution in [1.82, 2.24) is 0 Å². The van der Waals surface area contributed by atoms with Crippen molar-refractivity contribution in [3.05, 3.63) is 71.9 Å². The second kappa shape index (κ2) is 6.60. The van der Waals surface area contributed by atoms with Gasteiger partial charge in [0.15, 0.2) is 6.20 Å². The lowest BCUT2D eigenvalue weighted by atomic mass is 9.97. The normalized spacial score (nSPS) is 11.6. The maximum atomic E-state index is 2.44. The molecule has 0 radical (unpaired) electrons. The molecule has 0 N–H and O–H groups in total. The monoisotopic (exact) mass is 346 g/mol. The van der Waals surface area contributed by atoms with E-state index in [1.165, 1.54) is 38.7 Å². The van der Waals surface area contributed by atoms with Gasteiger partial charge >= 0.3 is 0 Å². The highest BCUT2D eigenvalue weighted by molar-refractivity contribution is 6.89. The molecule has 0 atom stereocenters. The van der Waals surface area contributed by atoms with E-state index in [-0.39, 0.29) is 0 Å². The van der Waals surface area contributed by atoms with Crippen LogP contribution >= 0.6 is 0 Å². The third kappa shape index (κ3) is 3.59. The van der Waals surface area contributed by atoms with E-state index >= 15 is 0 Å². The van der Waals surface area contributed by atoms with Crippen molar-refractivity contribution in [3.63, 3.8) is 0 Å². The van der Waals surface area contributed by atoms with E-state index in [9.17, 15) is 0 Å². The molecule has 0 aliphatic carbocycles. The maximum absolute atomic E-state index is 2.44. The van der Waals surface area contributed by atoms with Crippen molar-refractivity contribution in [2.24, 2.45) is 7.05 Å². The van der Waals surface area contributed by atoms with Gasteiger partial charge in [0, 0.05) is 17.7 Å². The predicted octanol–water partition coefficient (Wildman–Crippen LogP) is 5.01. The summed E-state index contributed by atoms with van der Waals surface area (Å²) in [6.07, 6.45) is 2.15. The van der Waals surface area contributed by atoms with Gasteiger partial charge in [0.2, 0.25) is 5.69 Å². The van der Waals surface area contributed by atoms with E-state index in [4.69, 9.17) is 0 Å². The molecule has 3 rings (SSSR count). The van der Waals surface area contributed by atoms with Crippen LogP contribution in [-0.4, -0.2) is 8.07 Å². The summed E-state index contributed by atoms with van der Waals surface area (Å²) in [7, 11) is 0.681.